The van der Waals surface area contributed by atoms with Crippen molar-refractivity contribution in [2.24, 2.45) is 0 Å². The van der Waals surface area contributed by atoms with E-state index in [9.17, 15) is 9.18 Å². The van der Waals surface area contributed by atoms with E-state index in [4.69, 9.17) is 14.2 Å². The number of methoxy groups -OCH3 is 3. The van der Waals surface area contributed by atoms with E-state index in [0.29, 0.717) is 17.1 Å². The zero-order chi connectivity index (χ0) is 19.1. The first-order chi connectivity index (χ1) is 12.5. The van der Waals surface area contributed by atoms with Gasteiger partial charge in [0, 0.05) is 6.08 Å². The molecule has 138 valence electrons. The van der Waals surface area contributed by atoms with Crippen LogP contribution in [0.3, 0.4) is 0 Å². The molecule has 0 aliphatic carbocycles. The van der Waals surface area contributed by atoms with Crippen LogP contribution in [-0.2, 0) is 4.79 Å². The van der Waals surface area contributed by atoms with E-state index in [2.05, 4.69) is 5.32 Å². The average Bonchev–Trinajstić information content (AvgIpc) is 2.65. The largest absolute Gasteiger partial charge is 0.494 e. The molecule has 0 radical (unpaired) electrons. The molecule has 26 heavy (non-hydrogen) atoms. The Bertz CT molecular complexity index is 804. The summed E-state index contributed by atoms with van der Waals surface area (Å²) in [6.45, 7) is 1.78. The van der Waals surface area contributed by atoms with Gasteiger partial charge in [-0.05, 0) is 48.4 Å². The summed E-state index contributed by atoms with van der Waals surface area (Å²) in [5.41, 5.74) is 1.44. The summed E-state index contributed by atoms with van der Waals surface area (Å²) in [6.07, 6.45) is 3.08. The number of carbonyl (C=O) groups excluding carboxylic acids is 1. The fourth-order valence-corrected chi connectivity index (χ4v) is 2.43. The number of nitrogens with one attached hydrogen (secondary N) is 1. The van der Waals surface area contributed by atoms with Crippen LogP contribution in [0.4, 0.5) is 4.39 Å². The quantitative estimate of drug-likeness (QED) is 0.765. The zero-order valence-electron chi connectivity index (χ0n) is 15.2. The second-order valence-electron chi connectivity index (χ2n) is 5.57. The van der Waals surface area contributed by atoms with E-state index in [1.54, 1.807) is 45.4 Å². The zero-order valence-corrected chi connectivity index (χ0v) is 15.2. The summed E-state index contributed by atoms with van der Waals surface area (Å²) in [6, 6.07) is 9.59. The van der Waals surface area contributed by atoms with Crippen LogP contribution in [-0.4, -0.2) is 27.2 Å². The minimum absolute atomic E-state index is 0.167. The molecule has 0 bridgehead atoms. The molecule has 1 N–H and O–H groups in total. The average molecular weight is 359 g/mol. The van der Waals surface area contributed by atoms with E-state index >= 15 is 0 Å². The van der Waals surface area contributed by atoms with Crippen molar-refractivity contribution in [1.29, 1.82) is 0 Å². The van der Waals surface area contributed by atoms with E-state index in [-0.39, 0.29) is 17.7 Å². The van der Waals surface area contributed by atoms with E-state index in [1.165, 1.54) is 25.3 Å². The lowest BCUT2D eigenvalue weighted by Gasteiger charge is -2.14. The van der Waals surface area contributed by atoms with Gasteiger partial charge in [-0.15, -0.1) is 0 Å². The maximum Gasteiger partial charge on any atom is 0.244 e. The van der Waals surface area contributed by atoms with Crippen LogP contribution in [0, 0.1) is 5.82 Å². The monoisotopic (exact) mass is 359 g/mol. The smallest absolute Gasteiger partial charge is 0.244 e. The molecule has 0 aromatic heterocycles. The number of hydrogen-bond acceptors (Lipinski definition) is 4. The SMILES string of the molecule is COc1ccc([C@@H](C)NC(=O)/C=C/c2ccc(OC)c(OC)c2)cc1F. The Morgan fingerprint density at radius 2 is 1.65 bits per heavy atom. The van der Waals surface area contributed by atoms with Gasteiger partial charge in [-0.1, -0.05) is 12.1 Å². The molecule has 5 nitrogen and oxygen atoms in total. The second-order valence-corrected chi connectivity index (χ2v) is 5.57. The third-order valence-corrected chi connectivity index (χ3v) is 3.87. The normalized spacial score (nSPS) is 11.9. The van der Waals surface area contributed by atoms with Crippen molar-refractivity contribution in [3.05, 3.63) is 59.4 Å². The molecule has 1 amide bonds. The fourth-order valence-electron chi connectivity index (χ4n) is 2.43. The van der Waals surface area contributed by atoms with Crippen molar-refractivity contribution in [2.45, 2.75) is 13.0 Å². The number of ether oxygens (including phenoxy) is 3. The van der Waals surface area contributed by atoms with Crippen LogP contribution in [0.5, 0.6) is 17.2 Å². The summed E-state index contributed by atoms with van der Waals surface area (Å²) < 4.78 is 29.1. The highest BCUT2D eigenvalue weighted by Crippen LogP contribution is 2.28. The Morgan fingerprint density at radius 3 is 2.27 bits per heavy atom. The van der Waals surface area contributed by atoms with Crippen molar-refractivity contribution in [3.63, 3.8) is 0 Å². The first-order valence-corrected chi connectivity index (χ1v) is 8.02. The van der Waals surface area contributed by atoms with Crippen molar-refractivity contribution in [2.75, 3.05) is 21.3 Å². The molecule has 0 saturated heterocycles. The maximum absolute atomic E-state index is 13.8. The van der Waals surface area contributed by atoms with Gasteiger partial charge in [-0.25, -0.2) is 4.39 Å². The van der Waals surface area contributed by atoms with Gasteiger partial charge in [0.2, 0.25) is 5.91 Å². The Kier molecular flexibility index (Phi) is 6.60. The molecule has 6 heteroatoms. The topological polar surface area (TPSA) is 56.8 Å². The van der Waals surface area contributed by atoms with Crippen LogP contribution >= 0.6 is 0 Å². The first kappa shape index (κ1) is 19.3. The Balaban J connectivity index is 2.03. The molecule has 0 heterocycles. The van der Waals surface area contributed by atoms with E-state index < -0.39 is 5.82 Å². The molecule has 0 fully saturated rings. The van der Waals surface area contributed by atoms with Crippen molar-refractivity contribution >= 4 is 12.0 Å². The predicted octanol–water partition coefficient (Wildman–Crippen LogP) is 3.74. The molecular weight excluding hydrogens is 337 g/mol. The predicted molar refractivity (Wildman–Crippen MR) is 98.1 cm³/mol. The molecule has 2 rings (SSSR count). The Labute approximate surface area is 152 Å². The van der Waals surface area contributed by atoms with Crippen LogP contribution in [0.15, 0.2) is 42.5 Å². The highest BCUT2D eigenvalue weighted by molar-refractivity contribution is 5.92. The lowest BCUT2D eigenvalue weighted by atomic mass is 10.1. The van der Waals surface area contributed by atoms with Gasteiger partial charge in [-0.3, -0.25) is 4.79 Å². The highest BCUT2D eigenvalue weighted by Gasteiger charge is 2.11. The Morgan fingerprint density at radius 1 is 1.00 bits per heavy atom. The fraction of sp³-hybridized carbons (Fsp3) is 0.250. The van der Waals surface area contributed by atoms with E-state index in [1.807, 2.05) is 6.07 Å². The van der Waals surface area contributed by atoms with Gasteiger partial charge in [0.05, 0.1) is 27.4 Å². The number of rotatable bonds is 7. The van der Waals surface area contributed by atoms with Gasteiger partial charge < -0.3 is 19.5 Å². The Hall–Kier alpha value is -3.02. The standard InChI is InChI=1S/C20H22FNO4/c1-13(15-7-9-17(24-2)16(21)12-15)22-20(23)10-6-14-5-8-18(25-3)19(11-14)26-4/h5-13H,1-4H3,(H,22,23)/b10-6+/t13-/m1/s1. The van der Waals surface area contributed by atoms with Gasteiger partial charge in [-0.2, -0.15) is 0 Å². The van der Waals surface area contributed by atoms with Crippen LogP contribution < -0.4 is 19.5 Å². The number of benzene rings is 2. The minimum Gasteiger partial charge on any atom is -0.494 e. The summed E-state index contributed by atoms with van der Waals surface area (Å²) in [4.78, 5) is 12.1. The number of carbonyl (C=O) groups is 1. The molecule has 2 aromatic rings. The number of hydrogen-bond donors (Lipinski definition) is 1. The summed E-state index contributed by atoms with van der Waals surface area (Å²) >= 11 is 0. The van der Waals surface area contributed by atoms with Gasteiger partial charge in [0.1, 0.15) is 0 Å². The third kappa shape index (κ3) is 4.75. The second kappa shape index (κ2) is 8.89. The van der Waals surface area contributed by atoms with Gasteiger partial charge in [0.25, 0.3) is 0 Å². The molecule has 2 aromatic carbocycles. The summed E-state index contributed by atoms with van der Waals surface area (Å²) in [5, 5.41) is 2.79. The molecule has 1 atom stereocenters. The molecule has 0 saturated carbocycles. The van der Waals surface area contributed by atoms with Crippen LogP contribution in [0.25, 0.3) is 6.08 Å². The van der Waals surface area contributed by atoms with Crippen molar-refractivity contribution < 1.29 is 23.4 Å². The maximum atomic E-state index is 13.8. The number of amides is 1. The van der Waals surface area contributed by atoms with Crippen LogP contribution in [0.2, 0.25) is 0 Å². The first-order valence-electron chi connectivity index (χ1n) is 8.02. The minimum atomic E-state index is -0.466. The molecule has 0 spiro atoms. The van der Waals surface area contributed by atoms with Gasteiger partial charge >= 0.3 is 0 Å². The van der Waals surface area contributed by atoms with Gasteiger partial charge in [0.15, 0.2) is 23.1 Å². The highest BCUT2D eigenvalue weighted by atomic mass is 19.1. The third-order valence-electron chi connectivity index (χ3n) is 3.87. The molecule has 0 unspecified atom stereocenters. The van der Waals surface area contributed by atoms with Crippen LogP contribution in [0.1, 0.15) is 24.1 Å². The lowest BCUT2D eigenvalue weighted by Crippen LogP contribution is -2.24. The molecule has 0 aliphatic rings. The molecular formula is C20H22FNO4. The lowest BCUT2D eigenvalue weighted by molar-refractivity contribution is -0.117. The molecule has 0 aliphatic heterocycles. The summed E-state index contributed by atoms with van der Waals surface area (Å²) in [5.74, 6) is 0.609. The van der Waals surface area contributed by atoms with Crippen molar-refractivity contribution in [3.8, 4) is 17.2 Å². The summed E-state index contributed by atoms with van der Waals surface area (Å²) in [7, 11) is 4.51. The van der Waals surface area contributed by atoms with E-state index in [0.717, 1.165) is 5.56 Å². The number of halogens is 1. The van der Waals surface area contributed by atoms with Crippen molar-refractivity contribution in [1.82, 2.24) is 5.32 Å².